The Hall–Kier alpha value is -3.13. The zero-order valence-electron chi connectivity index (χ0n) is 16.8. The molecule has 0 aliphatic rings. The van der Waals surface area contributed by atoms with Crippen LogP contribution in [0.3, 0.4) is 0 Å². The smallest absolute Gasteiger partial charge is 0.260 e. The van der Waals surface area contributed by atoms with Crippen molar-refractivity contribution in [1.29, 1.82) is 0 Å². The quantitative estimate of drug-likeness (QED) is 0.631. The number of thiazole rings is 1. The summed E-state index contributed by atoms with van der Waals surface area (Å²) >= 11 is 1.28. The largest absolute Gasteiger partial charge is 0.496 e. The lowest BCUT2D eigenvalue weighted by Crippen LogP contribution is -2.31. The van der Waals surface area contributed by atoms with Gasteiger partial charge in [-0.1, -0.05) is 18.2 Å². The third-order valence-electron chi connectivity index (χ3n) is 4.77. The predicted molar refractivity (Wildman–Crippen MR) is 111 cm³/mol. The van der Waals surface area contributed by atoms with Crippen molar-refractivity contribution in [2.75, 3.05) is 19.5 Å². The minimum absolute atomic E-state index is 0.0720. The van der Waals surface area contributed by atoms with Crippen LogP contribution in [0.15, 0.2) is 46.4 Å². The van der Waals surface area contributed by atoms with Crippen LogP contribution in [0.25, 0.3) is 0 Å². The number of nitrogens with one attached hydrogen (secondary N) is 1. The van der Waals surface area contributed by atoms with Gasteiger partial charge in [-0.3, -0.25) is 14.9 Å². The fourth-order valence-corrected chi connectivity index (χ4v) is 3.65. The third-order valence-corrected chi connectivity index (χ3v) is 5.58. The van der Waals surface area contributed by atoms with Gasteiger partial charge >= 0.3 is 0 Å². The molecule has 2 amide bonds. The molecule has 0 aliphatic carbocycles. The summed E-state index contributed by atoms with van der Waals surface area (Å²) in [5.41, 5.74) is 2.01. The van der Waals surface area contributed by atoms with Gasteiger partial charge in [-0.15, -0.1) is 11.3 Å². The molecule has 8 heteroatoms. The van der Waals surface area contributed by atoms with Crippen LogP contribution in [-0.2, 0) is 11.2 Å². The highest BCUT2D eigenvalue weighted by atomic mass is 32.1. The fraction of sp³-hybridized carbons (Fsp3) is 0.286. The van der Waals surface area contributed by atoms with Gasteiger partial charge in [0.25, 0.3) is 5.91 Å². The van der Waals surface area contributed by atoms with E-state index in [0.29, 0.717) is 22.1 Å². The van der Waals surface area contributed by atoms with Crippen LogP contribution >= 0.6 is 11.3 Å². The number of carbonyl (C=O) groups excluding carboxylic acids is 2. The second-order valence-corrected chi connectivity index (χ2v) is 7.45. The van der Waals surface area contributed by atoms with Crippen molar-refractivity contribution >= 4 is 28.3 Å². The van der Waals surface area contributed by atoms with E-state index in [-0.39, 0.29) is 24.3 Å². The molecule has 0 saturated heterocycles. The molecule has 0 saturated carbocycles. The van der Waals surface area contributed by atoms with Gasteiger partial charge in [0, 0.05) is 18.0 Å². The lowest BCUT2D eigenvalue weighted by molar-refractivity contribution is -0.131. The van der Waals surface area contributed by atoms with Gasteiger partial charge in [0.1, 0.15) is 11.5 Å². The zero-order chi connectivity index (χ0) is 21.0. The van der Waals surface area contributed by atoms with Crippen molar-refractivity contribution in [2.24, 2.45) is 0 Å². The average Bonchev–Trinajstić information content (AvgIpc) is 3.35. The highest BCUT2D eigenvalue weighted by Crippen LogP contribution is 2.28. The number of para-hydroxylation sites is 1. The van der Waals surface area contributed by atoms with Crippen molar-refractivity contribution in [3.8, 4) is 5.75 Å². The van der Waals surface area contributed by atoms with Gasteiger partial charge in [0.05, 0.1) is 37.1 Å². The number of benzene rings is 1. The molecule has 0 aliphatic heterocycles. The molecule has 2 heterocycles. The van der Waals surface area contributed by atoms with E-state index in [4.69, 9.17) is 9.15 Å². The van der Waals surface area contributed by atoms with E-state index in [1.165, 1.54) is 17.6 Å². The minimum Gasteiger partial charge on any atom is -0.496 e. The molecule has 3 aromatic rings. The molecule has 152 valence electrons. The maximum absolute atomic E-state index is 12.7. The average molecular weight is 413 g/mol. The molecule has 0 radical (unpaired) electrons. The fourth-order valence-electron chi connectivity index (χ4n) is 2.95. The number of ether oxygens (including phenoxy) is 1. The van der Waals surface area contributed by atoms with Gasteiger partial charge in [-0.2, -0.15) is 0 Å². The highest BCUT2D eigenvalue weighted by molar-refractivity contribution is 7.14. The Kier molecular flexibility index (Phi) is 6.33. The summed E-state index contributed by atoms with van der Waals surface area (Å²) < 4.78 is 10.5. The number of rotatable bonds is 7. The zero-order valence-corrected chi connectivity index (χ0v) is 17.6. The van der Waals surface area contributed by atoms with Crippen LogP contribution in [0, 0.1) is 6.92 Å². The summed E-state index contributed by atoms with van der Waals surface area (Å²) in [6, 6.07) is 9.09. The first-order valence-electron chi connectivity index (χ1n) is 9.09. The number of aryl methyl sites for hydroxylation is 1. The van der Waals surface area contributed by atoms with E-state index in [1.807, 2.05) is 31.2 Å². The third kappa shape index (κ3) is 4.65. The van der Waals surface area contributed by atoms with Crippen molar-refractivity contribution in [3.63, 3.8) is 0 Å². The summed E-state index contributed by atoms with van der Waals surface area (Å²) in [4.78, 5) is 31.0. The van der Waals surface area contributed by atoms with E-state index in [2.05, 4.69) is 10.3 Å². The van der Waals surface area contributed by atoms with Gasteiger partial charge in [0.2, 0.25) is 5.91 Å². The number of hydrogen-bond acceptors (Lipinski definition) is 6. The van der Waals surface area contributed by atoms with E-state index in [0.717, 1.165) is 11.3 Å². The van der Waals surface area contributed by atoms with Gasteiger partial charge in [0.15, 0.2) is 5.13 Å². The number of hydrogen-bond donors (Lipinski definition) is 1. The Balaban J connectivity index is 1.63. The SMILES string of the molecule is COc1ccccc1C(C)N(C)C(=O)Cc1csc(NC(=O)c2ccoc2C)n1. The monoisotopic (exact) mass is 413 g/mol. The van der Waals surface area contributed by atoms with Crippen molar-refractivity contribution in [2.45, 2.75) is 26.3 Å². The highest BCUT2D eigenvalue weighted by Gasteiger charge is 2.21. The lowest BCUT2D eigenvalue weighted by atomic mass is 10.1. The topological polar surface area (TPSA) is 84.7 Å². The number of methoxy groups -OCH3 is 1. The Morgan fingerprint density at radius 2 is 2.07 bits per heavy atom. The molecule has 29 heavy (non-hydrogen) atoms. The van der Waals surface area contributed by atoms with E-state index in [1.54, 1.807) is 37.4 Å². The molecule has 2 aromatic heterocycles. The van der Waals surface area contributed by atoms with Crippen LogP contribution in [0.5, 0.6) is 5.75 Å². The maximum atomic E-state index is 12.7. The van der Waals surface area contributed by atoms with Crippen LogP contribution in [-0.4, -0.2) is 35.9 Å². The van der Waals surface area contributed by atoms with E-state index < -0.39 is 0 Å². The van der Waals surface area contributed by atoms with Gasteiger partial charge < -0.3 is 14.1 Å². The Bertz CT molecular complexity index is 1010. The van der Waals surface area contributed by atoms with Crippen molar-refractivity contribution in [1.82, 2.24) is 9.88 Å². The Labute approximate surface area is 173 Å². The Morgan fingerprint density at radius 3 is 2.76 bits per heavy atom. The van der Waals surface area contributed by atoms with Gasteiger partial charge in [-0.25, -0.2) is 4.98 Å². The number of amides is 2. The molecule has 1 aromatic carbocycles. The summed E-state index contributed by atoms with van der Waals surface area (Å²) in [7, 11) is 3.37. The number of aromatic nitrogens is 1. The molecular formula is C21H23N3O4S. The Morgan fingerprint density at radius 1 is 1.31 bits per heavy atom. The number of anilines is 1. The van der Waals surface area contributed by atoms with Crippen LogP contribution < -0.4 is 10.1 Å². The molecule has 3 rings (SSSR count). The molecule has 0 bridgehead atoms. The second-order valence-electron chi connectivity index (χ2n) is 6.59. The molecule has 0 spiro atoms. The summed E-state index contributed by atoms with van der Waals surface area (Å²) in [5, 5.41) is 4.96. The van der Waals surface area contributed by atoms with Crippen LogP contribution in [0.1, 0.15) is 40.3 Å². The molecule has 7 nitrogen and oxygen atoms in total. The summed E-state index contributed by atoms with van der Waals surface area (Å²) in [6.45, 7) is 3.68. The van der Waals surface area contributed by atoms with E-state index in [9.17, 15) is 9.59 Å². The first-order chi connectivity index (χ1) is 13.9. The second kappa shape index (κ2) is 8.91. The molecule has 1 N–H and O–H groups in total. The van der Waals surface area contributed by atoms with Gasteiger partial charge in [-0.05, 0) is 26.0 Å². The van der Waals surface area contributed by atoms with Crippen LogP contribution in [0.2, 0.25) is 0 Å². The maximum Gasteiger partial charge on any atom is 0.260 e. The predicted octanol–water partition coefficient (Wildman–Crippen LogP) is 4.07. The molecule has 0 fully saturated rings. The normalized spacial score (nSPS) is 11.7. The first kappa shape index (κ1) is 20.6. The summed E-state index contributed by atoms with van der Waals surface area (Å²) in [6.07, 6.45) is 1.61. The van der Waals surface area contributed by atoms with Crippen LogP contribution in [0.4, 0.5) is 5.13 Å². The summed E-state index contributed by atoms with van der Waals surface area (Å²) in [5.74, 6) is 0.928. The number of nitrogens with zero attached hydrogens (tertiary/aromatic N) is 2. The first-order valence-corrected chi connectivity index (χ1v) is 9.97. The van der Waals surface area contributed by atoms with E-state index >= 15 is 0 Å². The lowest BCUT2D eigenvalue weighted by Gasteiger charge is -2.26. The minimum atomic E-state index is -0.287. The standard InChI is InChI=1S/C21H23N3O4S/c1-13(16-7-5-6-8-18(16)27-4)24(3)19(25)11-15-12-29-21(22-15)23-20(26)17-9-10-28-14(17)2/h5-10,12-13H,11H2,1-4H3,(H,22,23,26). The molecular weight excluding hydrogens is 390 g/mol. The molecule has 1 atom stereocenters. The number of carbonyl (C=O) groups is 2. The molecule has 1 unspecified atom stereocenters. The number of furan rings is 1. The number of likely N-dealkylation sites (N-methyl/N-ethyl adjacent to an activating group) is 1. The van der Waals surface area contributed by atoms with Crippen molar-refractivity contribution < 1.29 is 18.7 Å². The van der Waals surface area contributed by atoms with Crippen molar-refractivity contribution in [3.05, 3.63) is 64.6 Å².